The fraction of sp³-hybridized carbons (Fsp3) is 0.826. The van der Waals surface area contributed by atoms with E-state index in [0.717, 1.165) is 6.42 Å². The molecule has 0 spiro atoms. The van der Waals surface area contributed by atoms with Crippen molar-refractivity contribution in [3.05, 3.63) is 9.67 Å². The Balaban J connectivity index is 0. The molecule has 1 atom stereocenters. The number of allylic oxidation sites excluding steroid dienone is 2. The zero-order valence-electron chi connectivity index (χ0n) is 19.2. The number of carbonyl (C=O) groups is 1. The molecule has 0 rings (SSSR count). The van der Waals surface area contributed by atoms with Gasteiger partial charge in [-0.25, -0.2) is 0 Å². The van der Waals surface area contributed by atoms with Crippen molar-refractivity contribution in [3.63, 3.8) is 0 Å². The number of rotatable bonds is 13. The molecule has 26 heavy (non-hydrogen) atoms. The zero-order chi connectivity index (χ0) is 20.4. The molecule has 2 nitrogen and oxygen atoms in total. The maximum absolute atomic E-state index is 12.2. The molecule has 1 amide bonds. The molecule has 0 aromatic carbocycles. The number of aliphatic imine (C=N–C) groups is 1. The Labute approximate surface area is 169 Å². The minimum atomic E-state index is -2.43. The van der Waals surface area contributed by atoms with Gasteiger partial charge in [0.2, 0.25) is 0 Å². The molecule has 0 aliphatic carbocycles. The summed E-state index contributed by atoms with van der Waals surface area (Å²) < 4.78 is 5.77. The van der Waals surface area contributed by atoms with Gasteiger partial charge < -0.3 is 0 Å². The van der Waals surface area contributed by atoms with Crippen LogP contribution in [0.5, 0.6) is 0 Å². The molecule has 0 aromatic heterocycles. The van der Waals surface area contributed by atoms with Gasteiger partial charge in [0.1, 0.15) is 0 Å². The standard InChI is InChI=1S/C9H14NO.3C4H9.C2H6.Sn/c1-4-6-7-10-9(11)8(3)5-2;3*1-3-4-2;1-2;/h4,7-8H,5H2,1-3H3;3*1,3-4H2,2H3;1-2H3;/t8-;;;;;/m1...../s1. The minimum absolute atomic E-state index is 0.0471. The van der Waals surface area contributed by atoms with Crippen LogP contribution >= 0.6 is 0 Å². The first-order chi connectivity index (χ1) is 12.5. The molecule has 0 N–H and O–H groups in total. The van der Waals surface area contributed by atoms with E-state index in [1.165, 1.54) is 55.4 Å². The quantitative estimate of drug-likeness (QED) is 0.197. The van der Waals surface area contributed by atoms with E-state index in [1.807, 2.05) is 27.0 Å². The molecule has 0 fully saturated rings. The van der Waals surface area contributed by atoms with Gasteiger partial charge in [-0.2, -0.15) is 0 Å². The van der Waals surface area contributed by atoms with E-state index in [-0.39, 0.29) is 11.8 Å². The second kappa shape index (κ2) is 18.3. The maximum atomic E-state index is 12.2. The van der Waals surface area contributed by atoms with Gasteiger partial charge in [-0.3, -0.25) is 0 Å². The molecule has 0 bridgehead atoms. The Morgan fingerprint density at radius 3 is 1.65 bits per heavy atom. The van der Waals surface area contributed by atoms with Crippen LogP contribution in [0, 0.1) is 5.92 Å². The van der Waals surface area contributed by atoms with Crippen molar-refractivity contribution in [2.24, 2.45) is 10.9 Å². The zero-order valence-corrected chi connectivity index (χ0v) is 22.0. The van der Waals surface area contributed by atoms with Crippen molar-refractivity contribution in [3.8, 4) is 0 Å². The van der Waals surface area contributed by atoms with E-state index in [2.05, 4.69) is 45.7 Å². The Kier molecular flexibility index (Phi) is 19.7. The van der Waals surface area contributed by atoms with Crippen molar-refractivity contribution < 1.29 is 4.79 Å². The molecule has 0 saturated carbocycles. The molecular weight excluding hydrogens is 425 g/mol. The number of carbonyl (C=O) groups excluding carboxylic acids is 1. The normalized spacial score (nSPS) is 13.5. The summed E-state index contributed by atoms with van der Waals surface area (Å²) in [4.78, 5) is 16.5. The first kappa shape index (κ1) is 28.1. The van der Waals surface area contributed by atoms with E-state index in [4.69, 9.17) is 0 Å². The number of hydrogen-bond acceptors (Lipinski definition) is 1. The second-order valence-corrected chi connectivity index (χ2v) is 20.5. The van der Waals surface area contributed by atoms with E-state index < -0.39 is 18.4 Å². The molecule has 0 aliphatic rings. The van der Waals surface area contributed by atoms with E-state index in [9.17, 15) is 4.79 Å². The van der Waals surface area contributed by atoms with Crippen LogP contribution in [0.4, 0.5) is 0 Å². The molecule has 0 aromatic rings. The van der Waals surface area contributed by atoms with Crippen molar-refractivity contribution in [2.75, 3.05) is 0 Å². The SMILES string of the molecule is C/C=[C](\C=NC(=O)[C@H](C)CC)[Sn]([CH2]CCC)([CH2]CCC)[CH2]CCC.CC. The predicted molar refractivity (Wildman–Crippen MR) is 123 cm³/mol. The Hall–Kier alpha value is -0.121. The fourth-order valence-electron chi connectivity index (χ4n) is 3.31. The third-order valence-electron chi connectivity index (χ3n) is 5.31. The van der Waals surface area contributed by atoms with E-state index >= 15 is 0 Å². The van der Waals surface area contributed by atoms with Crippen LogP contribution in [0.1, 0.15) is 100 Å². The predicted octanol–water partition coefficient (Wildman–Crippen LogP) is 7.99. The van der Waals surface area contributed by atoms with E-state index in [1.54, 1.807) is 0 Å². The molecule has 0 aliphatic heterocycles. The van der Waals surface area contributed by atoms with Gasteiger partial charge in [0.05, 0.1) is 0 Å². The molecule has 3 heteroatoms. The Bertz CT molecular complexity index is 379. The third kappa shape index (κ3) is 10.9. The molecular formula is C23H47NOSn. The molecule has 0 radical (unpaired) electrons. The first-order valence-corrected chi connectivity index (χ1v) is 18.7. The van der Waals surface area contributed by atoms with E-state index in [0.29, 0.717) is 0 Å². The summed E-state index contributed by atoms with van der Waals surface area (Å²) in [6.07, 6.45) is 13.0. The van der Waals surface area contributed by atoms with Gasteiger partial charge >= 0.3 is 156 Å². The number of nitrogens with zero attached hydrogens (tertiary/aromatic N) is 1. The van der Waals surface area contributed by atoms with Crippen LogP contribution < -0.4 is 0 Å². The largest absolute Gasteiger partial charge is 0.0683 e. The van der Waals surface area contributed by atoms with Gasteiger partial charge in [0.15, 0.2) is 0 Å². The summed E-state index contributed by atoms with van der Waals surface area (Å²) in [7, 11) is 0. The van der Waals surface area contributed by atoms with Crippen molar-refractivity contribution in [1.82, 2.24) is 0 Å². The Morgan fingerprint density at radius 2 is 1.35 bits per heavy atom. The summed E-state index contributed by atoms with van der Waals surface area (Å²) in [5, 5.41) is 0. The summed E-state index contributed by atoms with van der Waals surface area (Å²) in [6, 6.07) is 0. The first-order valence-electron chi connectivity index (χ1n) is 11.3. The van der Waals surface area contributed by atoms with Gasteiger partial charge in [0.25, 0.3) is 0 Å². The van der Waals surface area contributed by atoms with Crippen molar-refractivity contribution >= 4 is 30.5 Å². The van der Waals surface area contributed by atoms with Crippen molar-refractivity contribution in [2.45, 2.75) is 114 Å². The van der Waals surface area contributed by atoms with Crippen molar-refractivity contribution in [1.29, 1.82) is 0 Å². The third-order valence-corrected chi connectivity index (χ3v) is 21.2. The van der Waals surface area contributed by atoms with Crippen LogP contribution in [0.3, 0.4) is 0 Å². The minimum Gasteiger partial charge on any atom is -0.0683 e. The van der Waals surface area contributed by atoms with Gasteiger partial charge in [0, 0.05) is 0 Å². The maximum Gasteiger partial charge on any atom is -0.0683 e. The van der Waals surface area contributed by atoms with Crippen LogP contribution in [0.2, 0.25) is 13.3 Å². The summed E-state index contributed by atoms with van der Waals surface area (Å²) >= 11 is -2.43. The average molecular weight is 472 g/mol. The molecule has 154 valence electrons. The average Bonchev–Trinajstić information content (AvgIpc) is 2.69. The summed E-state index contributed by atoms with van der Waals surface area (Å²) in [5.41, 5.74) is 0. The van der Waals surface area contributed by atoms with Crippen LogP contribution in [0.15, 0.2) is 14.7 Å². The molecule has 0 saturated heterocycles. The summed E-state index contributed by atoms with van der Waals surface area (Å²) in [5.74, 6) is 0.101. The smallest absolute Gasteiger partial charge is 0.0683 e. The van der Waals surface area contributed by atoms with Crippen LogP contribution in [-0.4, -0.2) is 30.5 Å². The monoisotopic (exact) mass is 473 g/mol. The Morgan fingerprint density at radius 1 is 0.923 bits per heavy atom. The number of hydrogen-bond donors (Lipinski definition) is 0. The van der Waals surface area contributed by atoms with Gasteiger partial charge in [-0.05, 0) is 0 Å². The van der Waals surface area contributed by atoms with Gasteiger partial charge in [-0.15, -0.1) is 0 Å². The van der Waals surface area contributed by atoms with Gasteiger partial charge in [-0.1, -0.05) is 13.8 Å². The fourth-order valence-corrected chi connectivity index (χ4v) is 19.5. The number of amides is 1. The summed E-state index contributed by atoms with van der Waals surface area (Å²) in [6.45, 7) is 17.1. The topological polar surface area (TPSA) is 29.4 Å². The van der Waals surface area contributed by atoms with Crippen LogP contribution in [0.25, 0.3) is 0 Å². The second-order valence-electron chi connectivity index (χ2n) is 7.24. The number of unbranched alkanes of at least 4 members (excludes halogenated alkanes) is 3. The molecule has 0 heterocycles. The van der Waals surface area contributed by atoms with Crippen LogP contribution in [-0.2, 0) is 4.79 Å². The molecule has 0 unspecified atom stereocenters.